The quantitative estimate of drug-likeness (QED) is 0.861. The highest BCUT2D eigenvalue weighted by molar-refractivity contribution is 5.97. The molecular formula is C18H24N2O3. The average Bonchev–Trinajstić information content (AvgIpc) is 2.79. The van der Waals surface area contributed by atoms with E-state index in [0.717, 1.165) is 32.1 Å². The number of rotatable bonds is 1. The van der Waals surface area contributed by atoms with E-state index in [4.69, 9.17) is 0 Å². The Morgan fingerprint density at radius 2 is 1.52 bits per heavy atom. The normalized spacial score (nSPS) is 18.3. The zero-order valence-electron chi connectivity index (χ0n) is 13.7. The summed E-state index contributed by atoms with van der Waals surface area (Å²) in [5, 5.41) is 10.3. The summed E-state index contributed by atoms with van der Waals surface area (Å²) in [5.41, 5.74) is 2.77. The average molecular weight is 316 g/mol. The van der Waals surface area contributed by atoms with Gasteiger partial charge in [0, 0.05) is 33.1 Å². The molecule has 23 heavy (non-hydrogen) atoms. The van der Waals surface area contributed by atoms with Crippen LogP contribution in [0.3, 0.4) is 0 Å². The zero-order valence-corrected chi connectivity index (χ0v) is 13.7. The molecule has 5 heteroatoms. The minimum atomic E-state index is -0.124. The van der Waals surface area contributed by atoms with E-state index in [-0.39, 0.29) is 17.6 Å². The van der Waals surface area contributed by atoms with Crippen LogP contribution in [0.25, 0.3) is 0 Å². The molecule has 0 bridgehead atoms. The molecule has 1 aromatic carbocycles. The minimum Gasteiger partial charge on any atom is -0.507 e. The molecule has 1 saturated heterocycles. The first-order chi connectivity index (χ1) is 11.1. The van der Waals surface area contributed by atoms with Gasteiger partial charge in [-0.1, -0.05) is 0 Å². The Bertz CT molecular complexity index is 627. The third kappa shape index (κ3) is 3.33. The highest BCUT2D eigenvalue weighted by Gasteiger charge is 2.24. The number of nitrogens with zero attached hydrogens (tertiary/aromatic N) is 2. The van der Waals surface area contributed by atoms with E-state index in [9.17, 15) is 14.7 Å². The lowest BCUT2D eigenvalue weighted by atomic mass is 9.89. The molecule has 5 nitrogen and oxygen atoms in total. The number of fused-ring (bicyclic) bond motifs is 1. The smallest absolute Gasteiger partial charge is 0.257 e. The number of phenolic OH excluding ortho intramolecular Hbond substituents is 1. The molecule has 1 aliphatic carbocycles. The lowest BCUT2D eigenvalue weighted by Crippen LogP contribution is -2.36. The Morgan fingerprint density at radius 1 is 0.913 bits per heavy atom. The number of benzene rings is 1. The molecule has 1 aromatic rings. The third-order valence-corrected chi connectivity index (χ3v) is 4.92. The standard InChI is InChI=1S/C18H24N2O3/c1-13(21)19-7-4-8-20(10-9-19)18(23)16-11-14-5-2-3-6-15(14)12-17(16)22/h11-12,22H,2-10H2,1H3. The van der Waals surface area contributed by atoms with Gasteiger partial charge in [0.25, 0.3) is 5.91 Å². The number of hydrogen-bond donors (Lipinski definition) is 1. The van der Waals surface area contributed by atoms with Crippen LogP contribution in [0.5, 0.6) is 5.75 Å². The van der Waals surface area contributed by atoms with Crippen molar-refractivity contribution in [2.24, 2.45) is 0 Å². The van der Waals surface area contributed by atoms with Crippen LogP contribution in [-0.2, 0) is 17.6 Å². The van der Waals surface area contributed by atoms with E-state index in [1.54, 1.807) is 22.8 Å². The van der Waals surface area contributed by atoms with Crippen molar-refractivity contribution in [3.05, 3.63) is 28.8 Å². The van der Waals surface area contributed by atoms with Gasteiger partial charge >= 0.3 is 0 Å². The summed E-state index contributed by atoms with van der Waals surface area (Å²) in [4.78, 5) is 27.8. The zero-order chi connectivity index (χ0) is 16.4. The van der Waals surface area contributed by atoms with Crippen molar-refractivity contribution in [3.63, 3.8) is 0 Å². The summed E-state index contributed by atoms with van der Waals surface area (Å²) >= 11 is 0. The summed E-state index contributed by atoms with van der Waals surface area (Å²) < 4.78 is 0. The molecule has 0 aromatic heterocycles. The molecular weight excluding hydrogens is 292 g/mol. The van der Waals surface area contributed by atoms with Crippen molar-refractivity contribution in [3.8, 4) is 5.75 Å². The summed E-state index contributed by atoms with van der Waals surface area (Å²) in [6.07, 6.45) is 5.02. The Kier molecular flexibility index (Phi) is 4.55. The molecule has 0 unspecified atom stereocenters. The number of carbonyl (C=O) groups excluding carboxylic acids is 2. The Labute approximate surface area is 136 Å². The van der Waals surface area contributed by atoms with E-state index in [2.05, 4.69) is 0 Å². The van der Waals surface area contributed by atoms with Crippen molar-refractivity contribution >= 4 is 11.8 Å². The maximum absolute atomic E-state index is 12.8. The monoisotopic (exact) mass is 316 g/mol. The van der Waals surface area contributed by atoms with E-state index >= 15 is 0 Å². The largest absolute Gasteiger partial charge is 0.507 e. The topological polar surface area (TPSA) is 60.9 Å². The number of hydrogen-bond acceptors (Lipinski definition) is 3. The summed E-state index contributed by atoms with van der Waals surface area (Å²) in [6, 6.07) is 3.64. The Hall–Kier alpha value is -2.04. The molecule has 1 heterocycles. The molecule has 0 radical (unpaired) electrons. The molecule has 1 fully saturated rings. The van der Waals surface area contributed by atoms with E-state index < -0.39 is 0 Å². The number of aromatic hydroxyl groups is 1. The van der Waals surface area contributed by atoms with Crippen LogP contribution in [0.1, 0.15) is 47.7 Å². The summed E-state index contributed by atoms with van der Waals surface area (Å²) in [7, 11) is 0. The lowest BCUT2D eigenvalue weighted by molar-refractivity contribution is -0.128. The highest BCUT2D eigenvalue weighted by Crippen LogP contribution is 2.29. The van der Waals surface area contributed by atoms with Crippen molar-refractivity contribution in [2.45, 2.75) is 39.0 Å². The van der Waals surface area contributed by atoms with Crippen LogP contribution in [0.2, 0.25) is 0 Å². The van der Waals surface area contributed by atoms with Crippen LogP contribution < -0.4 is 0 Å². The number of carbonyl (C=O) groups is 2. The van der Waals surface area contributed by atoms with Crippen molar-refractivity contribution in [2.75, 3.05) is 26.2 Å². The van der Waals surface area contributed by atoms with Gasteiger partial charge in [-0.3, -0.25) is 9.59 Å². The van der Waals surface area contributed by atoms with Crippen LogP contribution in [0.4, 0.5) is 0 Å². The van der Waals surface area contributed by atoms with Gasteiger partial charge in [0.2, 0.25) is 5.91 Å². The first kappa shape index (κ1) is 15.8. The fourth-order valence-corrected chi connectivity index (χ4v) is 3.55. The number of phenols is 1. The third-order valence-electron chi connectivity index (χ3n) is 4.92. The van der Waals surface area contributed by atoms with Crippen molar-refractivity contribution in [1.82, 2.24) is 9.80 Å². The van der Waals surface area contributed by atoms with Gasteiger partial charge in [-0.15, -0.1) is 0 Å². The van der Waals surface area contributed by atoms with Gasteiger partial charge in [0.05, 0.1) is 5.56 Å². The molecule has 1 aliphatic heterocycles. The molecule has 0 saturated carbocycles. The van der Waals surface area contributed by atoms with Gasteiger partial charge in [-0.05, 0) is 55.4 Å². The molecule has 1 N–H and O–H groups in total. The summed E-state index contributed by atoms with van der Waals surface area (Å²) in [5.74, 6) is 0.0144. The van der Waals surface area contributed by atoms with Crippen LogP contribution in [0, 0.1) is 0 Å². The number of aryl methyl sites for hydroxylation is 2. The van der Waals surface area contributed by atoms with Crippen LogP contribution >= 0.6 is 0 Å². The molecule has 2 aliphatic rings. The van der Waals surface area contributed by atoms with Gasteiger partial charge in [0.15, 0.2) is 0 Å². The minimum absolute atomic E-state index is 0.0518. The Morgan fingerprint density at radius 3 is 2.22 bits per heavy atom. The van der Waals surface area contributed by atoms with Crippen molar-refractivity contribution < 1.29 is 14.7 Å². The fraction of sp³-hybridized carbons (Fsp3) is 0.556. The van der Waals surface area contributed by atoms with E-state index in [0.29, 0.717) is 31.7 Å². The van der Waals surface area contributed by atoms with Gasteiger partial charge in [-0.2, -0.15) is 0 Å². The molecule has 0 spiro atoms. The molecule has 124 valence electrons. The van der Waals surface area contributed by atoms with Crippen molar-refractivity contribution in [1.29, 1.82) is 0 Å². The van der Waals surface area contributed by atoms with E-state index in [1.807, 2.05) is 6.07 Å². The van der Waals surface area contributed by atoms with Gasteiger partial charge in [0.1, 0.15) is 5.75 Å². The molecule has 0 atom stereocenters. The molecule has 2 amide bonds. The maximum Gasteiger partial charge on any atom is 0.257 e. The first-order valence-corrected chi connectivity index (χ1v) is 8.46. The van der Waals surface area contributed by atoms with Crippen LogP contribution in [-0.4, -0.2) is 52.9 Å². The lowest BCUT2D eigenvalue weighted by Gasteiger charge is -2.23. The van der Waals surface area contributed by atoms with Gasteiger partial charge in [-0.25, -0.2) is 0 Å². The Balaban J connectivity index is 1.79. The second kappa shape index (κ2) is 6.60. The first-order valence-electron chi connectivity index (χ1n) is 8.46. The molecule has 3 rings (SSSR count). The van der Waals surface area contributed by atoms with E-state index in [1.165, 1.54) is 11.1 Å². The number of amides is 2. The van der Waals surface area contributed by atoms with Crippen LogP contribution in [0.15, 0.2) is 12.1 Å². The fourth-order valence-electron chi connectivity index (χ4n) is 3.55. The van der Waals surface area contributed by atoms with Gasteiger partial charge < -0.3 is 14.9 Å². The highest BCUT2D eigenvalue weighted by atomic mass is 16.3. The SMILES string of the molecule is CC(=O)N1CCCN(C(=O)c2cc3c(cc2O)CCCC3)CC1. The summed E-state index contributed by atoms with van der Waals surface area (Å²) in [6.45, 7) is 3.96. The second-order valence-corrected chi connectivity index (χ2v) is 6.50. The predicted octanol–water partition coefficient (Wildman–Crippen LogP) is 1.97. The predicted molar refractivity (Wildman–Crippen MR) is 87.5 cm³/mol. The maximum atomic E-state index is 12.8. The second-order valence-electron chi connectivity index (χ2n) is 6.50.